The number of benzene rings is 1. The maximum Gasteiger partial charge on any atom is 0.326 e. The molecule has 0 radical (unpaired) electrons. The van der Waals surface area contributed by atoms with E-state index in [0.29, 0.717) is 26.1 Å². The van der Waals surface area contributed by atoms with Crippen molar-refractivity contribution in [2.45, 2.75) is 38.1 Å². The van der Waals surface area contributed by atoms with E-state index < -0.39 is 12.0 Å². The highest BCUT2D eigenvalue weighted by Crippen LogP contribution is 2.45. The number of carboxylic acids is 1. The van der Waals surface area contributed by atoms with Crippen LogP contribution in [0, 0.1) is 11.3 Å². The van der Waals surface area contributed by atoms with E-state index in [1.165, 1.54) is 0 Å². The van der Waals surface area contributed by atoms with Gasteiger partial charge in [-0.3, -0.25) is 9.59 Å². The van der Waals surface area contributed by atoms with Gasteiger partial charge in [0.15, 0.2) is 0 Å². The summed E-state index contributed by atoms with van der Waals surface area (Å²) in [5.74, 6) is -0.886. The zero-order valence-electron chi connectivity index (χ0n) is 15.9. The topological polar surface area (TPSA) is 77.9 Å². The number of likely N-dealkylation sites (tertiary alicyclic amines) is 2. The Labute approximate surface area is 164 Å². The normalized spacial score (nSPS) is 24.1. The molecular weight excluding hydrogens is 356 g/mol. The van der Waals surface area contributed by atoms with E-state index in [1.807, 2.05) is 41.3 Å². The third-order valence-electron chi connectivity index (χ3n) is 6.36. The van der Waals surface area contributed by atoms with Crippen LogP contribution in [0.25, 0.3) is 6.08 Å². The minimum absolute atomic E-state index is 0.00794. The van der Waals surface area contributed by atoms with E-state index in [9.17, 15) is 19.5 Å². The van der Waals surface area contributed by atoms with Gasteiger partial charge in [0.1, 0.15) is 6.04 Å². The second kappa shape index (κ2) is 7.41. The van der Waals surface area contributed by atoms with Crippen molar-refractivity contribution in [1.29, 1.82) is 0 Å². The number of piperidine rings is 1. The maximum atomic E-state index is 12.5. The number of carbonyl (C=O) groups excluding carboxylic acids is 2. The quantitative estimate of drug-likeness (QED) is 0.811. The molecule has 1 aromatic rings. The second-order valence-electron chi connectivity index (χ2n) is 8.37. The Hall–Kier alpha value is -2.63. The van der Waals surface area contributed by atoms with Crippen molar-refractivity contribution in [2.24, 2.45) is 11.3 Å². The number of rotatable bonds is 4. The monoisotopic (exact) mass is 382 g/mol. The predicted molar refractivity (Wildman–Crippen MR) is 104 cm³/mol. The molecule has 1 saturated carbocycles. The van der Waals surface area contributed by atoms with Crippen molar-refractivity contribution in [2.75, 3.05) is 19.6 Å². The van der Waals surface area contributed by atoms with Gasteiger partial charge in [0.25, 0.3) is 0 Å². The van der Waals surface area contributed by atoms with Gasteiger partial charge in [-0.15, -0.1) is 0 Å². The smallest absolute Gasteiger partial charge is 0.326 e. The van der Waals surface area contributed by atoms with Crippen LogP contribution in [-0.4, -0.2) is 58.4 Å². The van der Waals surface area contributed by atoms with E-state index in [4.69, 9.17) is 0 Å². The zero-order valence-corrected chi connectivity index (χ0v) is 15.9. The average Bonchev–Trinajstić information content (AvgIpc) is 3.49. The number of aliphatic carboxylic acids is 1. The number of hydrogen-bond acceptors (Lipinski definition) is 3. The van der Waals surface area contributed by atoms with Crippen molar-refractivity contribution >= 4 is 23.9 Å². The number of amides is 2. The van der Waals surface area contributed by atoms with E-state index in [2.05, 4.69) is 0 Å². The molecule has 1 unspecified atom stereocenters. The molecule has 2 heterocycles. The first-order valence-electron chi connectivity index (χ1n) is 10.0. The number of carboxylic acid groups (broad SMARTS) is 1. The third kappa shape index (κ3) is 3.81. The first-order chi connectivity index (χ1) is 13.5. The second-order valence-corrected chi connectivity index (χ2v) is 8.37. The predicted octanol–water partition coefficient (Wildman–Crippen LogP) is 2.40. The summed E-state index contributed by atoms with van der Waals surface area (Å²) in [5.41, 5.74) is 0.812. The lowest BCUT2D eigenvalue weighted by atomic mass is 9.76. The van der Waals surface area contributed by atoms with Gasteiger partial charge in [0.05, 0.1) is 0 Å². The third-order valence-corrected chi connectivity index (χ3v) is 6.36. The van der Waals surface area contributed by atoms with Crippen molar-refractivity contribution in [1.82, 2.24) is 9.80 Å². The molecule has 1 N–H and O–H groups in total. The summed E-state index contributed by atoms with van der Waals surface area (Å²) in [6, 6.07) is 8.99. The molecule has 148 valence electrons. The summed E-state index contributed by atoms with van der Waals surface area (Å²) >= 11 is 0. The molecule has 0 bridgehead atoms. The van der Waals surface area contributed by atoms with Gasteiger partial charge >= 0.3 is 5.97 Å². The van der Waals surface area contributed by atoms with E-state index in [-0.39, 0.29) is 23.1 Å². The van der Waals surface area contributed by atoms with Crippen molar-refractivity contribution in [3.8, 4) is 0 Å². The molecular formula is C22H26N2O4. The van der Waals surface area contributed by atoms with E-state index >= 15 is 0 Å². The highest BCUT2D eigenvalue weighted by molar-refractivity contribution is 5.92. The number of carbonyl (C=O) groups is 3. The number of nitrogens with zero attached hydrogens (tertiary/aromatic N) is 2. The van der Waals surface area contributed by atoms with Gasteiger partial charge < -0.3 is 14.9 Å². The van der Waals surface area contributed by atoms with Crippen LogP contribution in [0.3, 0.4) is 0 Å². The molecule has 3 aliphatic rings. The SMILES string of the molecule is O=C(O)C1CC2(CCN(C(=O)/C=C/c3ccccc3)CC2)CN1C(=O)C1CC1. The largest absolute Gasteiger partial charge is 0.480 e. The fourth-order valence-electron chi connectivity index (χ4n) is 4.47. The lowest BCUT2D eigenvalue weighted by molar-refractivity contribution is -0.148. The lowest BCUT2D eigenvalue weighted by Crippen LogP contribution is -2.44. The summed E-state index contributed by atoms with van der Waals surface area (Å²) in [4.78, 5) is 40.2. The first kappa shape index (κ1) is 18.7. The van der Waals surface area contributed by atoms with Crippen LogP contribution in [0.4, 0.5) is 0 Å². The Kier molecular flexibility index (Phi) is 4.96. The van der Waals surface area contributed by atoms with Crippen LogP contribution in [-0.2, 0) is 14.4 Å². The van der Waals surface area contributed by atoms with Crippen molar-refractivity contribution in [3.63, 3.8) is 0 Å². The molecule has 3 fully saturated rings. The average molecular weight is 382 g/mol. The Morgan fingerprint density at radius 2 is 1.75 bits per heavy atom. The van der Waals surface area contributed by atoms with E-state index in [0.717, 1.165) is 31.2 Å². The standard InChI is InChI=1S/C22H26N2O4/c25-19(9-6-16-4-2-1-3-5-16)23-12-10-22(11-13-23)14-18(21(27)28)24(15-22)20(26)17-7-8-17/h1-6,9,17-18H,7-8,10-15H2,(H,27,28)/b9-6+. The summed E-state index contributed by atoms with van der Waals surface area (Å²) in [6.07, 6.45) is 7.17. The summed E-state index contributed by atoms with van der Waals surface area (Å²) in [7, 11) is 0. The molecule has 2 saturated heterocycles. The van der Waals surface area contributed by atoms with Crippen LogP contribution >= 0.6 is 0 Å². The van der Waals surface area contributed by atoms with Crippen molar-refractivity contribution < 1.29 is 19.5 Å². The molecule has 1 aromatic carbocycles. The Morgan fingerprint density at radius 3 is 2.36 bits per heavy atom. The van der Waals surface area contributed by atoms with Gasteiger partial charge in [-0.1, -0.05) is 30.3 Å². The van der Waals surface area contributed by atoms with Crippen molar-refractivity contribution in [3.05, 3.63) is 42.0 Å². The van der Waals surface area contributed by atoms with Crippen LogP contribution in [0.2, 0.25) is 0 Å². The fourth-order valence-corrected chi connectivity index (χ4v) is 4.47. The maximum absolute atomic E-state index is 12.5. The van der Waals surface area contributed by atoms with Crippen LogP contribution in [0.1, 0.15) is 37.7 Å². The summed E-state index contributed by atoms with van der Waals surface area (Å²) in [5, 5.41) is 9.60. The Balaban J connectivity index is 1.37. The minimum Gasteiger partial charge on any atom is -0.480 e. The van der Waals surface area contributed by atoms with E-state index in [1.54, 1.807) is 11.0 Å². The van der Waals surface area contributed by atoms with Crippen LogP contribution in [0.15, 0.2) is 36.4 Å². The molecule has 6 nitrogen and oxygen atoms in total. The summed E-state index contributed by atoms with van der Waals surface area (Å²) in [6.45, 7) is 1.73. The molecule has 4 rings (SSSR count). The van der Waals surface area contributed by atoms with Gasteiger partial charge in [-0.25, -0.2) is 4.79 Å². The van der Waals surface area contributed by atoms with Gasteiger partial charge in [0, 0.05) is 31.6 Å². The fraction of sp³-hybridized carbons (Fsp3) is 0.500. The van der Waals surface area contributed by atoms with Crippen LogP contribution in [0.5, 0.6) is 0 Å². The molecule has 0 aromatic heterocycles. The van der Waals surface area contributed by atoms with Gasteiger partial charge in [0.2, 0.25) is 11.8 Å². The molecule has 6 heteroatoms. The number of hydrogen-bond donors (Lipinski definition) is 1. The Morgan fingerprint density at radius 1 is 1.07 bits per heavy atom. The molecule has 1 aliphatic carbocycles. The first-order valence-corrected chi connectivity index (χ1v) is 10.0. The minimum atomic E-state index is -0.907. The van der Waals surface area contributed by atoms with Crippen LogP contribution < -0.4 is 0 Å². The molecule has 28 heavy (non-hydrogen) atoms. The molecule has 2 aliphatic heterocycles. The van der Waals surface area contributed by atoms with Gasteiger partial charge in [-0.2, -0.15) is 0 Å². The Bertz CT molecular complexity index is 792. The summed E-state index contributed by atoms with van der Waals surface area (Å²) < 4.78 is 0. The highest BCUT2D eigenvalue weighted by atomic mass is 16.4. The zero-order chi connectivity index (χ0) is 19.7. The van der Waals surface area contributed by atoms with Gasteiger partial charge in [-0.05, 0) is 49.2 Å². The lowest BCUT2D eigenvalue weighted by Gasteiger charge is -2.38. The molecule has 1 atom stereocenters. The highest BCUT2D eigenvalue weighted by Gasteiger charge is 2.51. The molecule has 1 spiro atoms. The molecule has 2 amide bonds.